The number of carbonyl (C=O) groups excluding carboxylic acids is 1. The van der Waals surface area contributed by atoms with E-state index in [1.54, 1.807) is 25.1 Å². The fourth-order valence-electron chi connectivity index (χ4n) is 2.67. The second-order valence-corrected chi connectivity index (χ2v) is 6.79. The molecular formula is C20H19Cl2NO3. The molecule has 1 aromatic heterocycles. The molecule has 1 heterocycles. The van der Waals surface area contributed by atoms with Crippen LogP contribution in [0.1, 0.15) is 35.9 Å². The number of hydrogen-bond donors (Lipinski definition) is 1. The van der Waals surface area contributed by atoms with Crippen LogP contribution in [-0.4, -0.2) is 12.5 Å². The van der Waals surface area contributed by atoms with Gasteiger partial charge in [0.25, 0.3) is 5.91 Å². The van der Waals surface area contributed by atoms with E-state index in [-0.39, 0.29) is 5.91 Å². The Hall–Kier alpha value is -2.17. The van der Waals surface area contributed by atoms with Crippen LogP contribution in [0.2, 0.25) is 10.0 Å². The molecule has 0 unspecified atom stereocenters. The van der Waals surface area contributed by atoms with Crippen LogP contribution in [0.3, 0.4) is 0 Å². The monoisotopic (exact) mass is 391 g/mol. The number of ether oxygens (including phenoxy) is 1. The van der Waals surface area contributed by atoms with Crippen LogP contribution in [0.5, 0.6) is 5.75 Å². The van der Waals surface area contributed by atoms with Gasteiger partial charge in [-0.25, -0.2) is 0 Å². The van der Waals surface area contributed by atoms with Gasteiger partial charge in [-0.15, -0.1) is 0 Å². The van der Waals surface area contributed by atoms with Crippen LogP contribution >= 0.6 is 23.2 Å². The predicted octanol–water partition coefficient (Wildman–Crippen LogP) is 6.48. The van der Waals surface area contributed by atoms with Gasteiger partial charge in [0, 0.05) is 11.1 Å². The number of nitrogens with one attached hydrogen (secondary N) is 1. The molecule has 26 heavy (non-hydrogen) atoms. The summed E-state index contributed by atoms with van der Waals surface area (Å²) in [5, 5.41) is 4.36. The highest BCUT2D eigenvalue weighted by Gasteiger charge is 2.19. The quantitative estimate of drug-likeness (QED) is 0.489. The van der Waals surface area contributed by atoms with Gasteiger partial charge in [0.15, 0.2) is 0 Å². The topological polar surface area (TPSA) is 51.5 Å². The fourth-order valence-corrected chi connectivity index (χ4v) is 2.97. The van der Waals surface area contributed by atoms with E-state index in [0.717, 1.165) is 18.6 Å². The molecule has 0 spiro atoms. The summed E-state index contributed by atoms with van der Waals surface area (Å²) in [6.07, 6.45) is 2.04. The van der Waals surface area contributed by atoms with E-state index in [1.165, 1.54) is 0 Å². The molecule has 0 aliphatic heterocycles. The zero-order valence-electron chi connectivity index (χ0n) is 14.6. The van der Waals surface area contributed by atoms with Crippen LogP contribution < -0.4 is 10.1 Å². The van der Waals surface area contributed by atoms with E-state index in [2.05, 4.69) is 12.2 Å². The number of halogens is 2. The van der Waals surface area contributed by atoms with Crippen molar-refractivity contribution in [1.82, 2.24) is 0 Å². The highest BCUT2D eigenvalue weighted by Crippen LogP contribution is 2.31. The van der Waals surface area contributed by atoms with Crippen molar-refractivity contribution in [3.8, 4) is 5.75 Å². The van der Waals surface area contributed by atoms with Gasteiger partial charge >= 0.3 is 0 Å². The Morgan fingerprint density at radius 2 is 1.96 bits per heavy atom. The maximum Gasteiger partial charge on any atom is 0.259 e. The average Bonchev–Trinajstić information content (AvgIpc) is 2.93. The summed E-state index contributed by atoms with van der Waals surface area (Å²) in [4.78, 5) is 12.8. The van der Waals surface area contributed by atoms with Gasteiger partial charge in [0.2, 0.25) is 0 Å². The van der Waals surface area contributed by atoms with Crippen molar-refractivity contribution in [2.24, 2.45) is 0 Å². The molecule has 0 bridgehead atoms. The summed E-state index contributed by atoms with van der Waals surface area (Å²) < 4.78 is 11.5. The lowest BCUT2D eigenvalue weighted by atomic mass is 10.1. The van der Waals surface area contributed by atoms with E-state index in [1.807, 2.05) is 18.2 Å². The number of rotatable bonds is 6. The number of anilines is 1. The van der Waals surface area contributed by atoms with Crippen molar-refractivity contribution in [2.75, 3.05) is 11.9 Å². The van der Waals surface area contributed by atoms with Crippen molar-refractivity contribution in [1.29, 1.82) is 0 Å². The summed E-state index contributed by atoms with van der Waals surface area (Å²) in [7, 11) is 0. The van der Waals surface area contributed by atoms with Crippen LogP contribution in [0.25, 0.3) is 11.0 Å². The third-order valence-corrected chi connectivity index (χ3v) is 4.75. The zero-order chi connectivity index (χ0) is 18.7. The summed E-state index contributed by atoms with van der Waals surface area (Å²) in [6, 6.07) is 10.5. The van der Waals surface area contributed by atoms with E-state index in [9.17, 15) is 4.79 Å². The molecule has 3 rings (SSSR count). The Bertz CT molecular complexity index is 950. The highest BCUT2D eigenvalue weighted by atomic mass is 35.5. The number of furan rings is 1. The van der Waals surface area contributed by atoms with Gasteiger partial charge < -0.3 is 14.5 Å². The lowest BCUT2D eigenvalue weighted by Gasteiger charge is -2.07. The van der Waals surface area contributed by atoms with Crippen LogP contribution in [-0.2, 0) is 0 Å². The molecule has 3 aromatic rings. The number of benzene rings is 2. The first-order chi connectivity index (χ1) is 12.5. The van der Waals surface area contributed by atoms with Crippen molar-refractivity contribution in [3.63, 3.8) is 0 Å². The SMILES string of the molecule is CCCCOc1ccc2oc(C)c(C(=O)Nc3ccc(Cl)c(Cl)c3)c2c1. The van der Waals surface area contributed by atoms with Crippen LogP contribution in [0.15, 0.2) is 40.8 Å². The molecule has 0 saturated heterocycles. The van der Waals surface area contributed by atoms with Crippen molar-refractivity contribution in [3.05, 3.63) is 57.8 Å². The number of carbonyl (C=O) groups is 1. The van der Waals surface area contributed by atoms with Gasteiger partial charge in [-0.2, -0.15) is 0 Å². The molecule has 6 heteroatoms. The molecule has 0 aliphatic rings. The Kier molecular flexibility index (Phi) is 5.74. The molecule has 0 aliphatic carbocycles. The standard InChI is InChI=1S/C20H19Cl2NO3/c1-3-4-9-25-14-6-8-18-15(11-14)19(12(2)26-18)20(24)23-13-5-7-16(21)17(22)10-13/h5-8,10-11H,3-4,9H2,1-2H3,(H,23,24). The molecule has 4 nitrogen and oxygen atoms in total. The summed E-state index contributed by atoms with van der Waals surface area (Å²) in [6.45, 7) is 4.52. The largest absolute Gasteiger partial charge is 0.494 e. The highest BCUT2D eigenvalue weighted by molar-refractivity contribution is 6.42. The smallest absolute Gasteiger partial charge is 0.259 e. The molecular weight excluding hydrogens is 373 g/mol. The van der Waals surface area contributed by atoms with Gasteiger partial charge in [0.1, 0.15) is 17.1 Å². The number of hydrogen-bond acceptors (Lipinski definition) is 3. The lowest BCUT2D eigenvalue weighted by Crippen LogP contribution is -2.12. The number of aryl methyl sites for hydroxylation is 1. The van der Waals surface area contributed by atoms with Crippen LogP contribution in [0.4, 0.5) is 5.69 Å². The molecule has 1 N–H and O–H groups in total. The molecule has 0 atom stereocenters. The minimum absolute atomic E-state index is 0.273. The predicted molar refractivity (Wildman–Crippen MR) is 106 cm³/mol. The minimum Gasteiger partial charge on any atom is -0.494 e. The second kappa shape index (κ2) is 8.02. The van der Waals surface area contributed by atoms with E-state index >= 15 is 0 Å². The molecule has 0 radical (unpaired) electrons. The first-order valence-corrected chi connectivity index (χ1v) is 9.17. The third-order valence-electron chi connectivity index (χ3n) is 4.01. The van der Waals surface area contributed by atoms with Crippen LogP contribution in [0, 0.1) is 6.92 Å². The Labute approximate surface area is 162 Å². The van der Waals surface area contributed by atoms with E-state index in [0.29, 0.717) is 44.6 Å². The molecule has 0 fully saturated rings. The number of unbranched alkanes of at least 4 members (excludes halogenated alkanes) is 1. The molecule has 136 valence electrons. The first kappa shape index (κ1) is 18.6. The Morgan fingerprint density at radius 1 is 1.15 bits per heavy atom. The maximum absolute atomic E-state index is 12.8. The number of fused-ring (bicyclic) bond motifs is 1. The van der Waals surface area contributed by atoms with Crippen molar-refractivity contribution in [2.45, 2.75) is 26.7 Å². The Balaban J connectivity index is 1.89. The second-order valence-electron chi connectivity index (χ2n) is 5.98. The Morgan fingerprint density at radius 3 is 2.69 bits per heavy atom. The van der Waals surface area contributed by atoms with Crippen molar-refractivity contribution < 1.29 is 13.9 Å². The average molecular weight is 392 g/mol. The first-order valence-electron chi connectivity index (χ1n) is 8.42. The summed E-state index contributed by atoms with van der Waals surface area (Å²) in [5.41, 5.74) is 1.69. The lowest BCUT2D eigenvalue weighted by molar-refractivity contribution is 0.102. The minimum atomic E-state index is -0.273. The molecule has 2 aromatic carbocycles. The van der Waals surface area contributed by atoms with Gasteiger partial charge in [0.05, 0.1) is 22.2 Å². The summed E-state index contributed by atoms with van der Waals surface area (Å²) in [5.74, 6) is 0.990. The molecule has 0 saturated carbocycles. The normalized spacial score (nSPS) is 10.9. The fraction of sp³-hybridized carbons (Fsp3) is 0.250. The van der Waals surface area contributed by atoms with Gasteiger partial charge in [-0.05, 0) is 49.7 Å². The zero-order valence-corrected chi connectivity index (χ0v) is 16.1. The molecule has 1 amide bonds. The van der Waals surface area contributed by atoms with Gasteiger partial charge in [-0.1, -0.05) is 36.5 Å². The summed E-state index contributed by atoms with van der Waals surface area (Å²) >= 11 is 11.9. The van der Waals surface area contributed by atoms with Crippen molar-refractivity contribution >= 4 is 45.8 Å². The van der Waals surface area contributed by atoms with E-state index in [4.69, 9.17) is 32.4 Å². The number of amides is 1. The van der Waals surface area contributed by atoms with E-state index < -0.39 is 0 Å². The van der Waals surface area contributed by atoms with Gasteiger partial charge in [-0.3, -0.25) is 4.79 Å². The maximum atomic E-state index is 12.8. The third kappa shape index (κ3) is 3.97.